The van der Waals surface area contributed by atoms with Crippen LogP contribution in [0.25, 0.3) is 10.9 Å². The molecular weight excluding hydrogens is 360 g/mol. The van der Waals surface area contributed by atoms with Crippen LogP contribution in [-0.4, -0.2) is 44.0 Å². The van der Waals surface area contributed by atoms with E-state index in [0.717, 1.165) is 28.8 Å². The highest BCUT2D eigenvalue weighted by molar-refractivity contribution is 7.90. The third kappa shape index (κ3) is 2.84. The Morgan fingerprint density at radius 3 is 2.52 bits per heavy atom. The van der Waals surface area contributed by atoms with Crippen LogP contribution in [0.3, 0.4) is 0 Å². The molecule has 27 heavy (non-hydrogen) atoms. The minimum atomic E-state index is -3.69. The summed E-state index contributed by atoms with van der Waals surface area (Å²) in [5, 5.41) is 0.929. The Balaban J connectivity index is 2.04. The van der Waals surface area contributed by atoms with Gasteiger partial charge in [0.1, 0.15) is 12.4 Å². The molecule has 0 aliphatic carbocycles. The zero-order chi connectivity index (χ0) is 19.2. The van der Waals surface area contributed by atoms with Crippen LogP contribution in [-0.2, 0) is 22.9 Å². The van der Waals surface area contributed by atoms with Crippen LogP contribution in [0.5, 0.6) is 5.75 Å². The molecule has 0 saturated carbocycles. The van der Waals surface area contributed by atoms with Crippen LogP contribution >= 0.6 is 0 Å². The molecule has 1 aromatic heterocycles. The minimum absolute atomic E-state index is 0.196. The second-order valence-corrected chi connectivity index (χ2v) is 8.93. The van der Waals surface area contributed by atoms with E-state index in [0.29, 0.717) is 23.4 Å². The first-order valence-electron chi connectivity index (χ1n) is 9.20. The van der Waals surface area contributed by atoms with Gasteiger partial charge in [0, 0.05) is 17.1 Å². The van der Waals surface area contributed by atoms with Gasteiger partial charge in [0.15, 0.2) is 0 Å². The van der Waals surface area contributed by atoms with E-state index in [1.165, 1.54) is 3.97 Å². The Hall–Kier alpha value is -2.31. The average Bonchev–Trinajstić information content (AvgIpc) is 2.86. The van der Waals surface area contributed by atoms with Gasteiger partial charge in [0.2, 0.25) is 0 Å². The molecule has 0 N–H and O–H groups in total. The highest BCUT2D eigenvalue weighted by Gasteiger charge is 2.31. The van der Waals surface area contributed by atoms with Gasteiger partial charge in [-0.25, -0.2) is 12.4 Å². The summed E-state index contributed by atoms with van der Waals surface area (Å²) in [6, 6.07) is 14.5. The Kier molecular flexibility index (Phi) is 4.48. The molecule has 0 spiro atoms. The fourth-order valence-electron chi connectivity index (χ4n) is 3.89. The second kappa shape index (κ2) is 6.69. The van der Waals surface area contributed by atoms with Gasteiger partial charge in [-0.2, -0.15) is 0 Å². The van der Waals surface area contributed by atoms with Crippen molar-refractivity contribution in [1.82, 2.24) is 8.87 Å². The Morgan fingerprint density at radius 1 is 1.11 bits per heavy atom. The van der Waals surface area contributed by atoms with Crippen molar-refractivity contribution in [3.05, 3.63) is 59.8 Å². The molecule has 1 aliphatic heterocycles. The highest BCUT2D eigenvalue weighted by Crippen LogP contribution is 2.39. The van der Waals surface area contributed by atoms with Gasteiger partial charge in [0.05, 0.1) is 10.4 Å². The average molecular weight is 385 g/mol. The molecule has 0 saturated heterocycles. The first-order valence-corrected chi connectivity index (χ1v) is 10.6. The van der Waals surface area contributed by atoms with E-state index in [1.54, 1.807) is 24.3 Å². The lowest BCUT2D eigenvalue weighted by atomic mass is 10.0. The van der Waals surface area contributed by atoms with Gasteiger partial charge in [0.25, 0.3) is 10.0 Å². The summed E-state index contributed by atoms with van der Waals surface area (Å²) in [6.45, 7) is 2.60. The van der Waals surface area contributed by atoms with Gasteiger partial charge >= 0.3 is 0 Å². The molecule has 0 radical (unpaired) electrons. The number of aromatic nitrogens is 1. The van der Waals surface area contributed by atoms with Crippen LogP contribution in [0.2, 0.25) is 0 Å². The summed E-state index contributed by atoms with van der Waals surface area (Å²) >= 11 is 0. The number of ether oxygens (including phenoxy) is 1. The highest BCUT2D eigenvalue weighted by atomic mass is 32.2. The minimum Gasteiger partial charge on any atom is -0.491 e. The van der Waals surface area contributed by atoms with Gasteiger partial charge in [-0.3, -0.25) is 0 Å². The molecule has 4 rings (SSSR count). The molecule has 1 atom stereocenters. The molecule has 0 amide bonds. The zero-order valence-electron chi connectivity index (χ0n) is 15.8. The summed E-state index contributed by atoms with van der Waals surface area (Å²) in [7, 11) is 0.376. The third-order valence-electron chi connectivity index (χ3n) is 5.34. The lowest BCUT2D eigenvalue weighted by molar-refractivity contribution is 0.190. The van der Waals surface area contributed by atoms with Crippen LogP contribution in [0.1, 0.15) is 18.2 Å². The van der Waals surface area contributed by atoms with Crippen LogP contribution in [0.15, 0.2) is 53.4 Å². The second-order valence-electron chi connectivity index (χ2n) is 7.14. The number of rotatable bonds is 4. The van der Waals surface area contributed by atoms with Crippen molar-refractivity contribution in [2.24, 2.45) is 0 Å². The van der Waals surface area contributed by atoms with Crippen molar-refractivity contribution in [3.63, 3.8) is 0 Å². The molecule has 3 aromatic rings. The molecule has 2 heterocycles. The monoisotopic (exact) mass is 384 g/mol. The van der Waals surface area contributed by atoms with Gasteiger partial charge < -0.3 is 9.64 Å². The van der Waals surface area contributed by atoms with Crippen molar-refractivity contribution in [3.8, 4) is 5.75 Å². The first kappa shape index (κ1) is 18.1. The summed E-state index contributed by atoms with van der Waals surface area (Å²) in [4.78, 5) is 2.44. The van der Waals surface area contributed by atoms with E-state index in [1.807, 2.05) is 45.3 Å². The summed E-state index contributed by atoms with van der Waals surface area (Å²) in [5.41, 5.74) is 2.63. The number of hydrogen-bond acceptors (Lipinski definition) is 4. The van der Waals surface area contributed by atoms with Crippen LogP contribution < -0.4 is 4.74 Å². The summed E-state index contributed by atoms with van der Waals surface area (Å²) in [6.07, 6.45) is 1.40. The third-order valence-corrected chi connectivity index (χ3v) is 7.10. The standard InChI is InChI=1S/C21H24N2O3S/c1-4-18-17-13-15(22(2)3)14-26-20-12-8-11-19(21(17)20)23(18)27(24,25)16-9-6-5-7-10-16/h5-12,15H,4,13-14H2,1-3H3. The topological polar surface area (TPSA) is 51.5 Å². The number of nitrogens with zero attached hydrogens (tertiary/aromatic N) is 2. The van der Waals surface area contributed by atoms with Crippen LogP contribution in [0.4, 0.5) is 0 Å². The van der Waals surface area contributed by atoms with Crippen LogP contribution in [0, 0.1) is 0 Å². The van der Waals surface area contributed by atoms with E-state index >= 15 is 0 Å². The largest absolute Gasteiger partial charge is 0.491 e. The summed E-state index contributed by atoms with van der Waals surface area (Å²) < 4.78 is 34.6. The maximum absolute atomic E-state index is 13.5. The molecule has 1 unspecified atom stereocenters. The molecule has 6 heteroatoms. The Morgan fingerprint density at radius 2 is 1.85 bits per heavy atom. The zero-order valence-corrected chi connectivity index (χ0v) is 16.7. The molecule has 2 aromatic carbocycles. The van der Waals surface area contributed by atoms with E-state index in [4.69, 9.17) is 4.74 Å². The molecule has 142 valence electrons. The van der Waals surface area contributed by atoms with Crippen molar-refractivity contribution in [2.75, 3.05) is 20.7 Å². The predicted octanol–water partition coefficient (Wildman–Crippen LogP) is 3.31. The predicted molar refractivity (Wildman–Crippen MR) is 107 cm³/mol. The number of hydrogen-bond donors (Lipinski definition) is 0. The molecule has 0 bridgehead atoms. The SMILES string of the molecule is CCc1c2c3c(cccc3n1S(=O)(=O)c1ccccc1)OCC(N(C)C)C2. The fraction of sp³-hybridized carbons (Fsp3) is 0.333. The Bertz CT molecular complexity index is 1090. The van der Waals surface area contributed by atoms with Crippen molar-refractivity contribution in [1.29, 1.82) is 0 Å². The quantitative estimate of drug-likeness (QED) is 0.693. The van der Waals surface area contributed by atoms with Gasteiger partial charge in [-0.15, -0.1) is 0 Å². The number of benzene rings is 2. The lowest BCUT2D eigenvalue weighted by Gasteiger charge is -2.23. The van der Waals surface area contributed by atoms with Crippen molar-refractivity contribution >= 4 is 20.9 Å². The van der Waals surface area contributed by atoms with E-state index in [-0.39, 0.29) is 6.04 Å². The fourth-order valence-corrected chi connectivity index (χ4v) is 5.54. The molecule has 5 nitrogen and oxygen atoms in total. The number of likely N-dealkylation sites (N-methyl/N-ethyl adjacent to an activating group) is 1. The first-order chi connectivity index (χ1) is 12.9. The molecular formula is C21H24N2O3S. The van der Waals surface area contributed by atoms with E-state index in [9.17, 15) is 8.42 Å². The summed E-state index contributed by atoms with van der Waals surface area (Å²) in [5.74, 6) is 0.767. The normalized spacial score (nSPS) is 17.1. The van der Waals surface area contributed by atoms with Crippen molar-refractivity contribution in [2.45, 2.75) is 30.7 Å². The van der Waals surface area contributed by atoms with E-state index in [2.05, 4.69) is 4.90 Å². The smallest absolute Gasteiger partial charge is 0.268 e. The molecule has 1 aliphatic rings. The van der Waals surface area contributed by atoms with E-state index < -0.39 is 10.0 Å². The lowest BCUT2D eigenvalue weighted by Crippen LogP contribution is -2.35. The van der Waals surface area contributed by atoms with Crippen molar-refractivity contribution < 1.29 is 13.2 Å². The maximum Gasteiger partial charge on any atom is 0.268 e. The maximum atomic E-state index is 13.5. The van der Waals surface area contributed by atoms with Gasteiger partial charge in [-0.05, 0) is 56.8 Å². The Labute approximate surface area is 160 Å². The van der Waals surface area contributed by atoms with Gasteiger partial charge in [-0.1, -0.05) is 31.2 Å². The molecule has 0 fully saturated rings.